The first kappa shape index (κ1) is 15.9. The molecule has 0 bridgehead atoms. The van der Waals surface area contributed by atoms with Gasteiger partial charge in [-0.25, -0.2) is 0 Å². The zero-order chi connectivity index (χ0) is 16.0. The lowest BCUT2D eigenvalue weighted by molar-refractivity contribution is 0.477. The average molecular weight is 286 g/mol. The molecule has 2 atom stereocenters. The van der Waals surface area contributed by atoms with E-state index in [0.29, 0.717) is 6.42 Å². The normalized spacial score (nSPS) is 14.1. The summed E-state index contributed by atoms with van der Waals surface area (Å²) >= 11 is 0. The van der Waals surface area contributed by atoms with Gasteiger partial charge < -0.3 is 0 Å². The molecule has 0 aliphatic carbocycles. The van der Waals surface area contributed by atoms with E-state index in [0.717, 1.165) is 0 Å². The largest absolute Gasteiger partial charge is 0.119 e. The Kier molecular flexibility index (Phi) is 5.08. The summed E-state index contributed by atoms with van der Waals surface area (Å²) in [6.45, 7) is 6.16. The van der Waals surface area contributed by atoms with Crippen molar-refractivity contribution in [2.45, 2.75) is 38.5 Å². The first-order valence-corrected chi connectivity index (χ1v) is 7.63. The van der Waals surface area contributed by atoms with Gasteiger partial charge in [-0.3, -0.25) is 0 Å². The second-order valence-electron chi connectivity index (χ2n) is 5.72. The maximum absolute atomic E-state index is 6.04. The van der Waals surface area contributed by atoms with E-state index in [1.54, 1.807) is 0 Å². The zero-order valence-corrected chi connectivity index (χ0v) is 13.6. The summed E-state index contributed by atoms with van der Waals surface area (Å²) in [5.74, 6) is 9.49. The van der Waals surface area contributed by atoms with E-state index < -0.39 is 5.41 Å². The minimum absolute atomic E-state index is 0.197. The summed E-state index contributed by atoms with van der Waals surface area (Å²) in [6.07, 6.45) is 6.70. The average Bonchev–Trinajstić information content (AvgIpc) is 2.57. The number of rotatable bonds is 4. The SMILES string of the molecule is C#CC(CC#CC)(c1ccc(C)cc1)C(C)c1ccccc1. The van der Waals surface area contributed by atoms with Crippen LogP contribution in [-0.4, -0.2) is 0 Å². The lowest BCUT2D eigenvalue weighted by atomic mass is 9.67. The highest BCUT2D eigenvalue weighted by Gasteiger charge is 2.36. The van der Waals surface area contributed by atoms with Crippen LogP contribution in [0.2, 0.25) is 0 Å². The zero-order valence-electron chi connectivity index (χ0n) is 13.6. The molecule has 0 aliphatic rings. The minimum atomic E-state index is -0.405. The van der Waals surface area contributed by atoms with Gasteiger partial charge in [-0.15, -0.1) is 18.3 Å². The summed E-state index contributed by atoms with van der Waals surface area (Å²) in [4.78, 5) is 0. The van der Waals surface area contributed by atoms with Gasteiger partial charge in [-0.1, -0.05) is 73.0 Å². The van der Waals surface area contributed by atoms with Crippen LogP contribution in [-0.2, 0) is 5.41 Å². The van der Waals surface area contributed by atoms with E-state index >= 15 is 0 Å². The standard InChI is InChI=1S/C22H22/c1-5-7-17-22(6-2,21-15-13-18(3)14-16-21)19(4)20-11-9-8-10-12-20/h2,8-16,19H,17H2,1,3-4H3. The van der Waals surface area contributed by atoms with Crippen molar-refractivity contribution < 1.29 is 0 Å². The molecule has 0 saturated heterocycles. The molecule has 0 aliphatic heterocycles. The van der Waals surface area contributed by atoms with Gasteiger partial charge in [0.05, 0.1) is 5.41 Å². The Hall–Kier alpha value is -2.44. The molecule has 2 rings (SSSR count). The number of terminal acetylenes is 1. The lowest BCUT2D eigenvalue weighted by Crippen LogP contribution is -2.30. The van der Waals surface area contributed by atoms with Crippen molar-refractivity contribution in [2.24, 2.45) is 0 Å². The Labute approximate surface area is 134 Å². The highest BCUT2D eigenvalue weighted by molar-refractivity contribution is 5.43. The molecule has 2 aromatic rings. The molecule has 0 saturated carbocycles. The van der Waals surface area contributed by atoms with Gasteiger partial charge in [0.1, 0.15) is 0 Å². The third-order valence-corrected chi connectivity index (χ3v) is 4.41. The van der Waals surface area contributed by atoms with Gasteiger partial charge in [-0.05, 0) is 25.0 Å². The highest BCUT2D eigenvalue weighted by Crippen LogP contribution is 2.41. The first-order chi connectivity index (χ1) is 10.6. The van der Waals surface area contributed by atoms with Crippen LogP contribution in [0.25, 0.3) is 0 Å². The van der Waals surface area contributed by atoms with Gasteiger partial charge in [0.15, 0.2) is 0 Å². The predicted molar refractivity (Wildman–Crippen MR) is 94.6 cm³/mol. The van der Waals surface area contributed by atoms with Crippen molar-refractivity contribution in [3.05, 3.63) is 71.3 Å². The predicted octanol–water partition coefficient (Wildman–Crippen LogP) is 5.08. The van der Waals surface area contributed by atoms with E-state index in [1.807, 2.05) is 13.0 Å². The Morgan fingerprint density at radius 1 is 1.05 bits per heavy atom. The molecule has 2 unspecified atom stereocenters. The van der Waals surface area contributed by atoms with Gasteiger partial charge >= 0.3 is 0 Å². The molecule has 0 heteroatoms. The monoisotopic (exact) mass is 286 g/mol. The second kappa shape index (κ2) is 7.02. The van der Waals surface area contributed by atoms with Crippen molar-refractivity contribution in [3.8, 4) is 24.2 Å². The third kappa shape index (κ3) is 3.08. The fourth-order valence-electron chi connectivity index (χ4n) is 2.87. The molecule has 0 spiro atoms. The Morgan fingerprint density at radius 3 is 2.23 bits per heavy atom. The topological polar surface area (TPSA) is 0 Å². The number of aryl methyl sites for hydroxylation is 1. The van der Waals surface area contributed by atoms with E-state index in [4.69, 9.17) is 6.42 Å². The highest BCUT2D eigenvalue weighted by atomic mass is 14.4. The van der Waals surface area contributed by atoms with Crippen LogP contribution in [0.1, 0.15) is 42.9 Å². The van der Waals surface area contributed by atoms with Crippen LogP contribution in [0.4, 0.5) is 0 Å². The second-order valence-corrected chi connectivity index (χ2v) is 5.72. The molecule has 0 fully saturated rings. The van der Waals surface area contributed by atoms with Crippen molar-refractivity contribution in [1.82, 2.24) is 0 Å². The summed E-state index contributed by atoms with van der Waals surface area (Å²) in [5.41, 5.74) is 3.25. The molecule has 2 aromatic carbocycles. The lowest BCUT2D eigenvalue weighted by Gasteiger charge is -2.34. The van der Waals surface area contributed by atoms with Crippen LogP contribution < -0.4 is 0 Å². The third-order valence-electron chi connectivity index (χ3n) is 4.41. The maximum Gasteiger partial charge on any atom is 0.0734 e. The molecular formula is C22H22. The molecule has 0 N–H and O–H groups in total. The van der Waals surface area contributed by atoms with Crippen LogP contribution >= 0.6 is 0 Å². The van der Waals surface area contributed by atoms with Crippen LogP contribution in [0.15, 0.2) is 54.6 Å². The fraction of sp³-hybridized carbons (Fsp3) is 0.273. The first-order valence-electron chi connectivity index (χ1n) is 7.63. The molecule has 0 heterocycles. The number of hydrogen-bond acceptors (Lipinski definition) is 0. The maximum atomic E-state index is 6.04. The molecule has 0 radical (unpaired) electrons. The summed E-state index contributed by atoms with van der Waals surface area (Å²) in [6, 6.07) is 19.0. The van der Waals surface area contributed by atoms with Gasteiger partial charge in [0, 0.05) is 12.3 Å². The van der Waals surface area contributed by atoms with Gasteiger partial charge in [0.2, 0.25) is 0 Å². The van der Waals surface area contributed by atoms with Crippen LogP contribution in [0.5, 0.6) is 0 Å². The van der Waals surface area contributed by atoms with Crippen molar-refractivity contribution >= 4 is 0 Å². The number of benzene rings is 2. The molecular weight excluding hydrogens is 264 g/mol. The van der Waals surface area contributed by atoms with Crippen molar-refractivity contribution in [1.29, 1.82) is 0 Å². The molecule has 22 heavy (non-hydrogen) atoms. The number of hydrogen-bond donors (Lipinski definition) is 0. The van der Waals surface area contributed by atoms with Crippen molar-refractivity contribution in [2.75, 3.05) is 0 Å². The van der Waals surface area contributed by atoms with E-state index in [9.17, 15) is 0 Å². The molecule has 0 nitrogen and oxygen atoms in total. The van der Waals surface area contributed by atoms with Crippen molar-refractivity contribution in [3.63, 3.8) is 0 Å². The molecule has 110 valence electrons. The van der Waals surface area contributed by atoms with Crippen LogP contribution in [0, 0.1) is 31.1 Å². The quantitative estimate of drug-likeness (QED) is 0.687. The Bertz CT molecular complexity index is 705. The van der Waals surface area contributed by atoms with E-state index in [2.05, 4.69) is 80.1 Å². The Balaban J connectivity index is 2.56. The summed E-state index contributed by atoms with van der Waals surface area (Å²) in [5, 5.41) is 0. The Morgan fingerprint density at radius 2 is 1.68 bits per heavy atom. The van der Waals surface area contributed by atoms with Gasteiger partial charge in [0.25, 0.3) is 0 Å². The van der Waals surface area contributed by atoms with Gasteiger partial charge in [-0.2, -0.15) is 0 Å². The smallest absolute Gasteiger partial charge is 0.0734 e. The van der Waals surface area contributed by atoms with E-state index in [-0.39, 0.29) is 5.92 Å². The fourth-order valence-corrected chi connectivity index (χ4v) is 2.87. The molecule has 0 aromatic heterocycles. The van der Waals surface area contributed by atoms with E-state index in [1.165, 1.54) is 16.7 Å². The summed E-state index contributed by atoms with van der Waals surface area (Å²) in [7, 11) is 0. The molecule has 0 amide bonds. The summed E-state index contributed by atoms with van der Waals surface area (Å²) < 4.78 is 0. The van der Waals surface area contributed by atoms with Crippen LogP contribution in [0.3, 0.4) is 0 Å². The minimum Gasteiger partial charge on any atom is -0.119 e.